The third-order valence-electron chi connectivity index (χ3n) is 4.35. The summed E-state index contributed by atoms with van der Waals surface area (Å²) in [6.07, 6.45) is 0. The van der Waals surface area contributed by atoms with Crippen molar-refractivity contribution in [1.29, 1.82) is 0 Å². The van der Waals surface area contributed by atoms with Crippen LogP contribution in [-0.2, 0) is 16.1 Å². The van der Waals surface area contributed by atoms with Crippen LogP contribution in [0.2, 0.25) is 0 Å². The third kappa shape index (κ3) is 3.22. The molecule has 134 valence electrons. The van der Waals surface area contributed by atoms with Gasteiger partial charge in [0, 0.05) is 12.6 Å². The van der Waals surface area contributed by atoms with Crippen LogP contribution in [0.3, 0.4) is 0 Å². The van der Waals surface area contributed by atoms with E-state index in [0.29, 0.717) is 5.56 Å². The summed E-state index contributed by atoms with van der Waals surface area (Å²) in [6, 6.07) is 9.33. The minimum absolute atomic E-state index is 0.0178. The molecule has 26 heavy (non-hydrogen) atoms. The molecule has 3 rings (SSSR count). The van der Waals surface area contributed by atoms with Crippen LogP contribution in [0.5, 0.6) is 0 Å². The Kier molecular flexibility index (Phi) is 4.59. The van der Waals surface area contributed by atoms with Crippen LogP contribution in [0.25, 0.3) is 0 Å². The first-order valence-electron chi connectivity index (χ1n) is 8.04. The van der Waals surface area contributed by atoms with E-state index in [1.54, 1.807) is 12.1 Å². The Bertz CT molecular complexity index is 899. The average Bonchev–Trinajstić information content (AvgIpc) is 2.80. The van der Waals surface area contributed by atoms with Gasteiger partial charge in [0.25, 0.3) is 5.91 Å². The lowest BCUT2D eigenvalue weighted by molar-refractivity contribution is -0.130. The van der Waals surface area contributed by atoms with Gasteiger partial charge in [-0.3, -0.25) is 9.59 Å². The molecule has 2 aromatic rings. The number of aryl methyl sites for hydroxylation is 1. The minimum atomic E-state index is -0.813. The molecule has 1 unspecified atom stereocenters. The molecule has 2 aromatic carbocycles. The number of aliphatic hydroxyl groups excluding tert-OH is 1. The van der Waals surface area contributed by atoms with E-state index in [1.165, 1.54) is 11.8 Å². The maximum absolute atomic E-state index is 13.5. The fourth-order valence-corrected chi connectivity index (χ4v) is 3.17. The summed E-state index contributed by atoms with van der Waals surface area (Å²) in [5.41, 5.74) is 1.84. The summed E-state index contributed by atoms with van der Waals surface area (Å²) in [6.45, 7) is 3.02. The van der Waals surface area contributed by atoms with E-state index in [1.807, 2.05) is 19.1 Å². The first-order valence-corrected chi connectivity index (χ1v) is 8.04. The van der Waals surface area contributed by atoms with E-state index >= 15 is 0 Å². The van der Waals surface area contributed by atoms with Gasteiger partial charge in [0.1, 0.15) is 11.6 Å². The largest absolute Gasteiger partial charge is 0.503 e. The molecule has 4 nitrogen and oxygen atoms in total. The second-order valence-electron chi connectivity index (χ2n) is 6.34. The highest BCUT2D eigenvalue weighted by Gasteiger charge is 2.42. The number of benzene rings is 2. The Balaban J connectivity index is 2.05. The molecule has 1 N–H and O–H groups in total. The summed E-state index contributed by atoms with van der Waals surface area (Å²) < 4.78 is 27.0. The van der Waals surface area contributed by atoms with Crippen molar-refractivity contribution in [3.8, 4) is 0 Å². The number of hydrogen-bond acceptors (Lipinski definition) is 3. The van der Waals surface area contributed by atoms with Gasteiger partial charge >= 0.3 is 0 Å². The van der Waals surface area contributed by atoms with Crippen molar-refractivity contribution in [2.75, 3.05) is 0 Å². The standard InChI is InChI=1S/C20H17F2NO3/c1-11-3-5-14(6-4-11)18-17(12(2)24)19(25)20(26)23(18)10-13-7-15(21)9-16(22)8-13/h3-9,18,25H,10H2,1-2H3. The van der Waals surface area contributed by atoms with E-state index < -0.39 is 35.1 Å². The highest BCUT2D eigenvalue weighted by molar-refractivity contribution is 6.08. The van der Waals surface area contributed by atoms with Crippen molar-refractivity contribution in [2.45, 2.75) is 26.4 Å². The summed E-state index contributed by atoms with van der Waals surface area (Å²) in [5, 5.41) is 10.2. The Morgan fingerprint density at radius 1 is 1.12 bits per heavy atom. The van der Waals surface area contributed by atoms with E-state index in [4.69, 9.17) is 0 Å². The number of aliphatic hydroxyl groups is 1. The summed E-state index contributed by atoms with van der Waals surface area (Å²) >= 11 is 0. The number of ketones is 1. The van der Waals surface area contributed by atoms with Crippen LogP contribution in [0.15, 0.2) is 53.8 Å². The first kappa shape index (κ1) is 17.8. The van der Waals surface area contributed by atoms with E-state index in [0.717, 1.165) is 23.8 Å². The molecule has 6 heteroatoms. The third-order valence-corrected chi connectivity index (χ3v) is 4.35. The summed E-state index contributed by atoms with van der Waals surface area (Å²) in [5.74, 6) is -3.33. The topological polar surface area (TPSA) is 57.6 Å². The Morgan fingerprint density at radius 2 is 1.69 bits per heavy atom. The molecule has 1 amide bonds. The summed E-state index contributed by atoms with van der Waals surface area (Å²) in [4.78, 5) is 25.8. The van der Waals surface area contributed by atoms with Crippen molar-refractivity contribution < 1.29 is 23.5 Å². The number of carbonyl (C=O) groups excluding carboxylic acids is 2. The highest BCUT2D eigenvalue weighted by atomic mass is 19.1. The Morgan fingerprint density at radius 3 is 2.23 bits per heavy atom. The number of amides is 1. The van der Waals surface area contributed by atoms with Gasteiger partial charge in [0.2, 0.25) is 0 Å². The molecule has 1 atom stereocenters. The summed E-state index contributed by atoms with van der Waals surface area (Å²) in [7, 11) is 0. The molecule has 0 saturated heterocycles. The molecule has 0 saturated carbocycles. The molecular formula is C20H17F2NO3. The van der Waals surface area contributed by atoms with Gasteiger partial charge in [0.15, 0.2) is 11.5 Å². The van der Waals surface area contributed by atoms with Crippen molar-refractivity contribution in [3.05, 3.63) is 82.1 Å². The van der Waals surface area contributed by atoms with Crippen LogP contribution in [0.1, 0.15) is 29.7 Å². The number of carbonyl (C=O) groups is 2. The van der Waals surface area contributed by atoms with Gasteiger partial charge in [-0.2, -0.15) is 0 Å². The number of halogens is 2. The number of Topliss-reactive ketones (excluding diaryl/α,β-unsaturated/α-hetero) is 1. The molecule has 1 heterocycles. The quantitative estimate of drug-likeness (QED) is 0.906. The zero-order valence-electron chi connectivity index (χ0n) is 14.3. The van der Waals surface area contributed by atoms with Gasteiger partial charge in [-0.1, -0.05) is 29.8 Å². The van der Waals surface area contributed by atoms with Crippen LogP contribution >= 0.6 is 0 Å². The zero-order valence-corrected chi connectivity index (χ0v) is 14.3. The molecular weight excluding hydrogens is 340 g/mol. The van der Waals surface area contributed by atoms with Crippen LogP contribution in [0, 0.1) is 18.6 Å². The fraction of sp³-hybridized carbons (Fsp3) is 0.200. The zero-order chi connectivity index (χ0) is 19.0. The van der Waals surface area contributed by atoms with E-state index in [9.17, 15) is 23.5 Å². The molecule has 0 fully saturated rings. The first-order chi connectivity index (χ1) is 12.3. The van der Waals surface area contributed by atoms with Gasteiger partial charge in [0.05, 0.1) is 11.6 Å². The van der Waals surface area contributed by atoms with Crippen LogP contribution < -0.4 is 0 Å². The van der Waals surface area contributed by atoms with Crippen molar-refractivity contribution in [1.82, 2.24) is 4.90 Å². The highest BCUT2D eigenvalue weighted by Crippen LogP contribution is 2.38. The van der Waals surface area contributed by atoms with Crippen molar-refractivity contribution >= 4 is 11.7 Å². The monoisotopic (exact) mass is 357 g/mol. The second kappa shape index (κ2) is 6.71. The van der Waals surface area contributed by atoms with Crippen molar-refractivity contribution in [2.24, 2.45) is 0 Å². The van der Waals surface area contributed by atoms with E-state index in [-0.39, 0.29) is 17.7 Å². The lowest BCUT2D eigenvalue weighted by Crippen LogP contribution is -2.30. The molecule has 0 bridgehead atoms. The number of hydrogen-bond donors (Lipinski definition) is 1. The molecule has 0 aromatic heterocycles. The SMILES string of the molecule is CC(=O)C1=C(O)C(=O)N(Cc2cc(F)cc(F)c2)C1c1ccc(C)cc1. The molecule has 0 radical (unpaired) electrons. The number of nitrogens with zero attached hydrogens (tertiary/aromatic N) is 1. The predicted octanol–water partition coefficient (Wildman–Crippen LogP) is 3.76. The smallest absolute Gasteiger partial charge is 0.290 e. The Labute approximate surface area is 149 Å². The molecule has 0 spiro atoms. The lowest BCUT2D eigenvalue weighted by Gasteiger charge is -2.27. The number of rotatable bonds is 4. The second-order valence-corrected chi connectivity index (χ2v) is 6.34. The normalized spacial score (nSPS) is 17.2. The minimum Gasteiger partial charge on any atom is -0.503 e. The van der Waals surface area contributed by atoms with Gasteiger partial charge in [-0.25, -0.2) is 8.78 Å². The lowest BCUT2D eigenvalue weighted by atomic mass is 9.96. The maximum Gasteiger partial charge on any atom is 0.290 e. The molecule has 0 aliphatic carbocycles. The van der Waals surface area contributed by atoms with Gasteiger partial charge in [-0.05, 0) is 37.1 Å². The predicted molar refractivity (Wildman–Crippen MR) is 91.2 cm³/mol. The van der Waals surface area contributed by atoms with Crippen LogP contribution in [0.4, 0.5) is 8.78 Å². The van der Waals surface area contributed by atoms with Gasteiger partial charge in [-0.15, -0.1) is 0 Å². The van der Waals surface area contributed by atoms with Crippen molar-refractivity contribution in [3.63, 3.8) is 0 Å². The molecule has 1 aliphatic heterocycles. The van der Waals surface area contributed by atoms with Gasteiger partial charge < -0.3 is 10.0 Å². The fourth-order valence-electron chi connectivity index (χ4n) is 3.17. The molecule has 1 aliphatic rings. The Hall–Kier alpha value is -3.02. The maximum atomic E-state index is 13.5. The van der Waals surface area contributed by atoms with Crippen LogP contribution in [-0.4, -0.2) is 21.7 Å². The average molecular weight is 357 g/mol. The van der Waals surface area contributed by atoms with E-state index in [2.05, 4.69) is 0 Å².